The molecule has 6 nitrogen and oxygen atoms in total. The average Bonchev–Trinajstić information content (AvgIpc) is 3.10. The van der Waals surface area contributed by atoms with Crippen LogP contribution in [-0.4, -0.2) is 20.7 Å². The number of rotatable bonds is 8. The van der Waals surface area contributed by atoms with Gasteiger partial charge in [0.05, 0.1) is 0 Å². The van der Waals surface area contributed by atoms with Gasteiger partial charge in [0.15, 0.2) is 0 Å². The van der Waals surface area contributed by atoms with Crippen molar-refractivity contribution >= 4 is 41.0 Å². The van der Waals surface area contributed by atoms with Gasteiger partial charge in [0.1, 0.15) is 0 Å². The number of benzene rings is 2. The molecule has 1 heterocycles. The molecule has 8 heteroatoms. The monoisotopic (exact) mass is 417 g/mol. The lowest BCUT2D eigenvalue weighted by atomic mass is 10.2. The quantitative estimate of drug-likeness (QED) is 0.523. The van der Waals surface area contributed by atoms with Crippen molar-refractivity contribution in [3.8, 4) is 0 Å². The number of hydrogen-bond acceptors (Lipinski definition) is 5. The summed E-state index contributed by atoms with van der Waals surface area (Å²) >= 11 is 12.4. The van der Waals surface area contributed by atoms with Gasteiger partial charge in [0, 0.05) is 29.6 Å². The molecule has 0 fully saturated rings. The number of aromatic nitrogens is 3. The summed E-state index contributed by atoms with van der Waals surface area (Å²) in [6.07, 6.45) is 1.11. The van der Waals surface area contributed by atoms with E-state index < -0.39 is 0 Å². The van der Waals surface area contributed by atoms with E-state index in [1.165, 1.54) is 4.68 Å². The maximum atomic E-state index is 12.4. The van der Waals surface area contributed by atoms with Crippen molar-refractivity contribution in [2.45, 2.75) is 32.9 Å². The first-order chi connectivity index (χ1) is 13.6. The van der Waals surface area contributed by atoms with Crippen LogP contribution >= 0.6 is 23.2 Å². The molecule has 0 radical (unpaired) electrons. The Hall–Kier alpha value is -2.57. The molecule has 0 saturated heterocycles. The van der Waals surface area contributed by atoms with Gasteiger partial charge in [-0.05, 0) is 29.7 Å². The standard InChI is InChI=1S/C20H21Cl2N5O/c1-2-7-18(28)27-20(24-13-15-9-4-6-11-17(15)22)25-19(26-27)23-12-14-8-3-5-10-16(14)21/h3-6,8-11H,2,7,12-13H2,1H3,(H2,23,24,25,26). The fourth-order valence-corrected chi connectivity index (χ4v) is 3.03. The maximum Gasteiger partial charge on any atom is 0.250 e. The SMILES string of the molecule is CCCC(=O)n1nc(NCc2ccccc2Cl)nc1NCc1ccccc1Cl. The summed E-state index contributed by atoms with van der Waals surface area (Å²) < 4.78 is 1.30. The maximum absolute atomic E-state index is 12.4. The summed E-state index contributed by atoms with van der Waals surface area (Å²) in [7, 11) is 0. The second-order valence-electron chi connectivity index (χ2n) is 6.20. The normalized spacial score (nSPS) is 10.7. The zero-order chi connectivity index (χ0) is 19.9. The molecule has 0 unspecified atom stereocenters. The van der Waals surface area contributed by atoms with Crippen LogP contribution in [0.3, 0.4) is 0 Å². The summed E-state index contributed by atoms with van der Waals surface area (Å²) in [4.78, 5) is 16.9. The highest BCUT2D eigenvalue weighted by Crippen LogP contribution is 2.19. The van der Waals surface area contributed by atoms with E-state index in [4.69, 9.17) is 23.2 Å². The van der Waals surface area contributed by atoms with Crippen LogP contribution in [0.15, 0.2) is 48.5 Å². The molecule has 3 rings (SSSR count). The van der Waals surface area contributed by atoms with Crippen molar-refractivity contribution in [1.82, 2.24) is 14.8 Å². The molecule has 2 aromatic carbocycles. The molecule has 1 aromatic heterocycles. The molecule has 0 aliphatic rings. The number of nitrogens with zero attached hydrogens (tertiary/aromatic N) is 3. The fraction of sp³-hybridized carbons (Fsp3) is 0.250. The molecule has 0 saturated carbocycles. The van der Waals surface area contributed by atoms with Gasteiger partial charge in [0.2, 0.25) is 17.8 Å². The molecule has 2 N–H and O–H groups in total. The number of carbonyl (C=O) groups excluding carboxylic acids is 1. The molecule has 0 aliphatic carbocycles. The van der Waals surface area contributed by atoms with E-state index in [2.05, 4.69) is 20.7 Å². The molecular formula is C20H21Cl2N5O. The Kier molecular flexibility index (Phi) is 6.90. The van der Waals surface area contributed by atoms with Gasteiger partial charge in [-0.2, -0.15) is 9.67 Å². The zero-order valence-electron chi connectivity index (χ0n) is 15.5. The number of nitrogens with one attached hydrogen (secondary N) is 2. The number of hydrogen-bond donors (Lipinski definition) is 2. The van der Waals surface area contributed by atoms with Crippen molar-refractivity contribution < 1.29 is 4.79 Å². The Morgan fingerprint density at radius 2 is 1.54 bits per heavy atom. The summed E-state index contributed by atoms with van der Waals surface area (Å²) in [6, 6.07) is 15.1. The number of anilines is 2. The minimum absolute atomic E-state index is 0.123. The Balaban J connectivity index is 1.76. The highest BCUT2D eigenvalue weighted by atomic mass is 35.5. The van der Waals surface area contributed by atoms with E-state index >= 15 is 0 Å². The molecule has 0 bridgehead atoms. The van der Waals surface area contributed by atoms with E-state index in [0.717, 1.165) is 17.5 Å². The first-order valence-corrected chi connectivity index (χ1v) is 9.79. The average molecular weight is 418 g/mol. The smallest absolute Gasteiger partial charge is 0.250 e. The van der Waals surface area contributed by atoms with E-state index in [9.17, 15) is 4.79 Å². The fourth-order valence-electron chi connectivity index (χ4n) is 2.63. The largest absolute Gasteiger partial charge is 0.350 e. The number of halogens is 2. The summed E-state index contributed by atoms with van der Waals surface area (Å²) in [5.41, 5.74) is 1.83. The predicted molar refractivity (Wildman–Crippen MR) is 113 cm³/mol. The van der Waals surface area contributed by atoms with Crippen molar-refractivity contribution in [3.05, 3.63) is 69.7 Å². The lowest BCUT2D eigenvalue weighted by Crippen LogP contribution is -2.16. The van der Waals surface area contributed by atoms with Crippen LogP contribution in [0, 0.1) is 0 Å². The van der Waals surface area contributed by atoms with E-state index in [1.54, 1.807) is 0 Å². The van der Waals surface area contributed by atoms with Crippen LogP contribution in [0.1, 0.15) is 35.7 Å². The first-order valence-electron chi connectivity index (χ1n) is 9.03. The van der Waals surface area contributed by atoms with Crippen molar-refractivity contribution in [1.29, 1.82) is 0 Å². The van der Waals surface area contributed by atoms with Gasteiger partial charge in [-0.3, -0.25) is 4.79 Å². The van der Waals surface area contributed by atoms with Crippen LogP contribution in [-0.2, 0) is 13.1 Å². The van der Waals surface area contributed by atoms with E-state index in [1.807, 2.05) is 55.5 Å². The molecule has 3 aromatic rings. The highest BCUT2D eigenvalue weighted by molar-refractivity contribution is 6.31. The van der Waals surface area contributed by atoms with Crippen LogP contribution < -0.4 is 10.6 Å². The van der Waals surface area contributed by atoms with Crippen LogP contribution in [0.5, 0.6) is 0 Å². The molecule has 28 heavy (non-hydrogen) atoms. The third kappa shape index (κ3) is 5.03. The summed E-state index contributed by atoms with van der Waals surface area (Å²) in [5, 5.41) is 11.9. The van der Waals surface area contributed by atoms with Gasteiger partial charge in [0.25, 0.3) is 0 Å². The third-order valence-electron chi connectivity index (χ3n) is 4.10. The molecule has 0 amide bonds. The molecule has 0 aliphatic heterocycles. The molecular weight excluding hydrogens is 397 g/mol. The van der Waals surface area contributed by atoms with E-state index in [0.29, 0.717) is 41.5 Å². The van der Waals surface area contributed by atoms with Crippen LogP contribution in [0.2, 0.25) is 10.0 Å². The van der Waals surface area contributed by atoms with Gasteiger partial charge in [-0.25, -0.2) is 0 Å². The Morgan fingerprint density at radius 3 is 2.11 bits per heavy atom. The van der Waals surface area contributed by atoms with Gasteiger partial charge >= 0.3 is 0 Å². The summed E-state index contributed by atoms with van der Waals surface area (Å²) in [6.45, 7) is 2.83. The van der Waals surface area contributed by atoms with Crippen LogP contribution in [0.4, 0.5) is 11.9 Å². The Bertz CT molecular complexity index is 957. The highest BCUT2D eigenvalue weighted by Gasteiger charge is 2.16. The van der Waals surface area contributed by atoms with Gasteiger partial charge in [-0.15, -0.1) is 5.10 Å². The third-order valence-corrected chi connectivity index (χ3v) is 4.83. The van der Waals surface area contributed by atoms with Crippen molar-refractivity contribution in [3.63, 3.8) is 0 Å². The van der Waals surface area contributed by atoms with Crippen LogP contribution in [0.25, 0.3) is 0 Å². The second-order valence-corrected chi connectivity index (χ2v) is 7.02. The minimum atomic E-state index is -0.123. The zero-order valence-corrected chi connectivity index (χ0v) is 17.0. The van der Waals surface area contributed by atoms with Crippen molar-refractivity contribution in [2.24, 2.45) is 0 Å². The lowest BCUT2D eigenvalue weighted by Gasteiger charge is -2.07. The summed E-state index contributed by atoms with van der Waals surface area (Å²) in [5.74, 6) is 0.605. The number of carbonyl (C=O) groups is 1. The predicted octanol–water partition coefficient (Wildman–Crippen LogP) is 5.25. The second kappa shape index (κ2) is 9.57. The van der Waals surface area contributed by atoms with Gasteiger partial charge in [-0.1, -0.05) is 66.5 Å². The minimum Gasteiger partial charge on any atom is -0.350 e. The van der Waals surface area contributed by atoms with E-state index in [-0.39, 0.29) is 5.91 Å². The topological polar surface area (TPSA) is 71.8 Å². The molecule has 0 spiro atoms. The van der Waals surface area contributed by atoms with Gasteiger partial charge < -0.3 is 10.6 Å². The Morgan fingerprint density at radius 1 is 0.964 bits per heavy atom. The van der Waals surface area contributed by atoms with Crippen molar-refractivity contribution in [2.75, 3.05) is 10.6 Å². The molecule has 146 valence electrons. The lowest BCUT2D eigenvalue weighted by molar-refractivity contribution is 0.0888. The first kappa shape index (κ1) is 20.2. The Labute approximate surface area is 173 Å². The molecule has 0 atom stereocenters.